The summed E-state index contributed by atoms with van der Waals surface area (Å²) in [5, 5.41) is 5.68. The fourth-order valence-electron chi connectivity index (χ4n) is 3.21. The van der Waals surface area contributed by atoms with Gasteiger partial charge in [-0.15, -0.1) is 0 Å². The summed E-state index contributed by atoms with van der Waals surface area (Å²) < 4.78 is 28.1. The van der Waals surface area contributed by atoms with Crippen LogP contribution in [0, 0.1) is 6.92 Å². The summed E-state index contributed by atoms with van der Waals surface area (Å²) in [6.45, 7) is 3.07. The van der Waals surface area contributed by atoms with Crippen molar-refractivity contribution in [1.29, 1.82) is 0 Å². The smallest absolute Gasteiger partial charge is 0.257 e. The first kappa shape index (κ1) is 22.9. The van der Waals surface area contributed by atoms with Gasteiger partial charge >= 0.3 is 0 Å². The van der Waals surface area contributed by atoms with Crippen molar-refractivity contribution in [3.8, 4) is 0 Å². The SMILES string of the molecule is Cc1ccc(C(=O)NC(=S)Nc2ccc(S(=O)(=O)N3CCCCCC3)cc2)cc1Br. The number of carbonyl (C=O) groups excluding carboxylic acids is 1. The first-order valence-electron chi connectivity index (χ1n) is 9.76. The molecule has 2 N–H and O–H groups in total. The molecule has 0 bridgehead atoms. The fraction of sp³-hybridized carbons (Fsp3) is 0.333. The molecule has 3 rings (SSSR count). The molecule has 1 amide bonds. The topological polar surface area (TPSA) is 78.5 Å². The Hall–Kier alpha value is -1.81. The van der Waals surface area contributed by atoms with Crippen molar-refractivity contribution in [2.45, 2.75) is 37.5 Å². The zero-order chi connectivity index (χ0) is 21.7. The molecule has 2 aromatic rings. The van der Waals surface area contributed by atoms with Crippen LogP contribution in [0.3, 0.4) is 0 Å². The summed E-state index contributed by atoms with van der Waals surface area (Å²) in [4.78, 5) is 12.6. The number of rotatable bonds is 4. The summed E-state index contributed by atoms with van der Waals surface area (Å²) in [5.41, 5.74) is 2.11. The zero-order valence-corrected chi connectivity index (χ0v) is 19.9. The Balaban J connectivity index is 1.62. The molecule has 2 aromatic carbocycles. The third kappa shape index (κ3) is 5.66. The number of amides is 1. The molecule has 0 unspecified atom stereocenters. The van der Waals surface area contributed by atoms with Crippen LogP contribution in [0.4, 0.5) is 5.69 Å². The number of hydrogen-bond donors (Lipinski definition) is 2. The molecule has 1 saturated heterocycles. The second kappa shape index (κ2) is 10.00. The zero-order valence-electron chi connectivity index (χ0n) is 16.7. The van der Waals surface area contributed by atoms with E-state index in [-0.39, 0.29) is 15.9 Å². The minimum absolute atomic E-state index is 0.139. The molecule has 1 heterocycles. The van der Waals surface area contributed by atoms with Gasteiger partial charge in [-0.2, -0.15) is 4.31 Å². The minimum Gasteiger partial charge on any atom is -0.332 e. The molecule has 1 fully saturated rings. The first-order chi connectivity index (χ1) is 14.3. The van der Waals surface area contributed by atoms with Crippen LogP contribution in [0.25, 0.3) is 0 Å². The van der Waals surface area contributed by atoms with Crippen LogP contribution in [-0.2, 0) is 10.0 Å². The molecule has 30 heavy (non-hydrogen) atoms. The molecule has 160 valence electrons. The normalized spacial score (nSPS) is 15.3. The van der Waals surface area contributed by atoms with E-state index in [9.17, 15) is 13.2 Å². The van der Waals surface area contributed by atoms with E-state index in [4.69, 9.17) is 12.2 Å². The van der Waals surface area contributed by atoms with Gasteiger partial charge in [0.25, 0.3) is 5.91 Å². The Morgan fingerprint density at radius 2 is 1.67 bits per heavy atom. The van der Waals surface area contributed by atoms with E-state index in [1.54, 1.807) is 40.7 Å². The van der Waals surface area contributed by atoms with Gasteiger partial charge in [-0.3, -0.25) is 10.1 Å². The van der Waals surface area contributed by atoms with Crippen molar-refractivity contribution in [1.82, 2.24) is 9.62 Å². The predicted octanol–water partition coefficient (Wildman–Crippen LogP) is 4.45. The molecule has 9 heteroatoms. The van der Waals surface area contributed by atoms with Crippen LogP contribution < -0.4 is 10.6 Å². The molecule has 0 saturated carbocycles. The number of benzene rings is 2. The van der Waals surface area contributed by atoms with Crippen molar-refractivity contribution in [3.05, 3.63) is 58.1 Å². The molecule has 0 spiro atoms. The Labute approximate surface area is 191 Å². The summed E-state index contributed by atoms with van der Waals surface area (Å²) in [6, 6.07) is 11.7. The minimum atomic E-state index is -3.49. The van der Waals surface area contributed by atoms with E-state index < -0.39 is 10.0 Å². The first-order valence-corrected chi connectivity index (χ1v) is 12.4. The lowest BCUT2D eigenvalue weighted by Gasteiger charge is -2.20. The average Bonchev–Trinajstić information content (AvgIpc) is 3.00. The van der Waals surface area contributed by atoms with Crippen molar-refractivity contribution >= 4 is 54.9 Å². The maximum Gasteiger partial charge on any atom is 0.257 e. The van der Waals surface area contributed by atoms with Gasteiger partial charge in [0, 0.05) is 28.8 Å². The standard InChI is InChI=1S/C21H24BrN3O3S2/c1-15-6-7-16(14-19(15)22)20(26)24-21(29)23-17-8-10-18(11-9-17)30(27,28)25-12-4-2-3-5-13-25/h6-11,14H,2-5,12-13H2,1H3,(H2,23,24,26,29). The predicted molar refractivity (Wildman–Crippen MR) is 126 cm³/mol. The number of nitrogens with zero attached hydrogens (tertiary/aromatic N) is 1. The number of hydrogen-bond acceptors (Lipinski definition) is 4. The fourth-order valence-corrected chi connectivity index (χ4v) is 5.32. The maximum atomic E-state index is 12.8. The molecule has 0 aliphatic carbocycles. The number of halogens is 1. The van der Waals surface area contributed by atoms with Crippen LogP contribution in [0.2, 0.25) is 0 Å². The summed E-state index contributed by atoms with van der Waals surface area (Å²) in [7, 11) is -3.49. The van der Waals surface area contributed by atoms with Gasteiger partial charge in [-0.25, -0.2) is 8.42 Å². The third-order valence-corrected chi connectivity index (χ3v) is 7.95. The Bertz CT molecular complexity index is 1030. The van der Waals surface area contributed by atoms with Gasteiger partial charge in [0.2, 0.25) is 10.0 Å². The van der Waals surface area contributed by atoms with Crippen LogP contribution in [-0.4, -0.2) is 36.8 Å². The molecule has 0 radical (unpaired) electrons. The van der Waals surface area contributed by atoms with Gasteiger partial charge in [0.1, 0.15) is 0 Å². The van der Waals surface area contributed by atoms with Gasteiger partial charge in [-0.1, -0.05) is 34.8 Å². The lowest BCUT2D eigenvalue weighted by Crippen LogP contribution is -2.34. The maximum absolute atomic E-state index is 12.8. The second-order valence-corrected chi connectivity index (χ2v) is 10.4. The number of thiocarbonyl (C=S) groups is 1. The highest BCUT2D eigenvalue weighted by atomic mass is 79.9. The van der Waals surface area contributed by atoms with Crippen molar-refractivity contribution in [2.24, 2.45) is 0 Å². The molecule has 0 atom stereocenters. The molecule has 0 aromatic heterocycles. The molecular formula is C21H24BrN3O3S2. The number of aryl methyl sites for hydroxylation is 1. The van der Waals surface area contributed by atoms with Crippen molar-refractivity contribution in [2.75, 3.05) is 18.4 Å². The van der Waals surface area contributed by atoms with Gasteiger partial charge in [0.15, 0.2) is 5.11 Å². The van der Waals surface area contributed by atoms with E-state index in [2.05, 4.69) is 26.6 Å². The Kier molecular flexibility index (Phi) is 7.62. The number of nitrogens with one attached hydrogen (secondary N) is 2. The summed E-state index contributed by atoms with van der Waals surface area (Å²) in [6.07, 6.45) is 3.92. The lowest BCUT2D eigenvalue weighted by molar-refractivity contribution is 0.0977. The van der Waals surface area contributed by atoms with E-state index >= 15 is 0 Å². The quantitative estimate of drug-likeness (QED) is 0.595. The summed E-state index contributed by atoms with van der Waals surface area (Å²) >= 11 is 8.62. The Morgan fingerprint density at radius 1 is 1.03 bits per heavy atom. The second-order valence-electron chi connectivity index (χ2n) is 7.21. The summed E-state index contributed by atoms with van der Waals surface area (Å²) in [5.74, 6) is -0.325. The van der Waals surface area contributed by atoms with Crippen molar-refractivity contribution in [3.63, 3.8) is 0 Å². The number of carbonyl (C=O) groups is 1. The van der Waals surface area contributed by atoms with E-state index in [1.165, 1.54) is 0 Å². The van der Waals surface area contributed by atoms with E-state index in [0.717, 1.165) is 35.7 Å². The van der Waals surface area contributed by atoms with Crippen LogP contribution >= 0.6 is 28.1 Å². The Morgan fingerprint density at radius 3 is 2.27 bits per heavy atom. The lowest BCUT2D eigenvalue weighted by atomic mass is 10.1. The molecule has 6 nitrogen and oxygen atoms in total. The van der Waals surface area contributed by atoms with E-state index in [0.29, 0.717) is 24.3 Å². The number of anilines is 1. The van der Waals surface area contributed by atoms with Crippen LogP contribution in [0.1, 0.15) is 41.6 Å². The highest BCUT2D eigenvalue weighted by Gasteiger charge is 2.25. The van der Waals surface area contributed by atoms with E-state index in [1.807, 2.05) is 13.0 Å². The van der Waals surface area contributed by atoms with Crippen LogP contribution in [0.15, 0.2) is 51.8 Å². The van der Waals surface area contributed by atoms with Gasteiger partial charge in [0.05, 0.1) is 4.90 Å². The van der Waals surface area contributed by atoms with Gasteiger partial charge in [-0.05, 0) is 73.9 Å². The highest BCUT2D eigenvalue weighted by molar-refractivity contribution is 9.10. The third-order valence-electron chi connectivity index (χ3n) is 4.98. The van der Waals surface area contributed by atoms with Crippen molar-refractivity contribution < 1.29 is 13.2 Å². The number of sulfonamides is 1. The van der Waals surface area contributed by atoms with Crippen LogP contribution in [0.5, 0.6) is 0 Å². The van der Waals surface area contributed by atoms with Gasteiger partial charge < -0.3 is 5.32 Å². The average molecular weight is 510 g/mol. The molecule has 1 aliphatic rings. The largest absolute Gasteiger partial charge is 0.332 e. The molecular weight excluding hydrogens is 486 g/mol. The molecule has 1 aliphatic heterocycles. The monoisotopic (exact) mass is 509 g/mol. The highest BCUT2D eigenvalue weighted by Crippen LogP contribution is 2.22.